The van der Waals surface area contributed by atoms with E-state index in [2.05, 4.69) is 16.4 Å². The summed E-state index contributed by atoms with van der Waals surface area (Å²) in [6, 6.07) is 3.47. The third-order valence-corrected chi connectivity index (χ3v) is 0.439. The van der Waals surface area contributed by atoms with Crippen LogP contribution < -0.4 is 18.9 Å². The molecule has 0 saturated heterocycles. The van der Waals surface area contributed by atoms with Crippen LogP contribution in [-0.2, 0) is 0 Å². The number of nitrogens with zero attached hydrogens (tertiary/aromatic N) is 2. The Morgan fingerprint density at radius 3 is 2.43 bits per heavy atom. The van der Waals surface area contributed by atoms with Crippen LogP contribution in [0.5, 0.6) is 0 Å². The van der Waals surface area contributed by atoms with Crippen molar-refractivity contribution in [2.45, 2.75) is 0 Å². The van der Waals surface area contributed by atoms with Crippen LogP contribution >= 0.6 is 0 Å². The molecule has 0 N–H and O–H groups in total. The van der Waals surface area contributed by atoms with Crippen molar-refractivity contribution < 1.29 is 18.9 Å². The molecule has 0 saturated carbocycles. The van der Waals surface area contributed by atoms with Crippen molar-refractivity contribution in [2.24, 2.45) is 0 Å². The van der Waals surface area contributed by atoms with Gasteiger partial charge in [-0.2, -0.15) is 11.2 Å². The van der Waals surface area contributed by atoms with E-state index < -0.39 is 0 Å². The molecule has 1 aromatic heterocycles. The first-order valence-electron chi connectivity index (χ1n) is 1.64. The van der Waals surface area contributed by atoms with E-state index in [1.165, 1.54) is 0 Å². The minimum absolute atomic E-state index is 0. The Labute approximate surface area is 54.1 Å². The van der Waals surface area contributed by atoms with E-state index in [9.17, 15) is 0 Å². The molecule has 3 heteroatoms. The van der Waals surface area contributed by atoms with Crippen molar-refractivity contribution in [3.63, 3.8) is 0 Å². The first-order chi connectivity index (χ1) is 3.00. The van der Waals surface area contributed by atoms with Gasteiger partial charge in [-0.1, -0.05) is 0 Å². The smallest absolute Gasteiger partial charge is 0.268 e. The van der Waals surface area contributed by atoms with Gasteiger partial charge in [0.2, 0.25) is 0 Å². The fourth-order valence-electron chi connectivity index (χ4n) is 0.225. The normalized spacial score (nSPS) is 6.86. The molecule has 7 heavy (non-hydrogen) atoms. The molecular formula is C4H3LiN2. The zero-order chi connectivity index (χ0) is 4.24. The van der Waals surface area contributed by atoms with Gasteiger partial charge < -0.3 is 0 Å². The topological polar surface area (TPSA) is 25.8 Å². The van der Waals surface area contributed by atoms with Crippen molar-refractivity contribution in [3.05, 3.63) is 24.5 Å². The minimum atomic E-state index is 0. The molecule has 0 aromatic carbocycles. The number of aromatic nitrogens is 2. The van der Waals surface area contributed by atoms with Crippen LogP contribution in [0.25, 0.3) is 0 Å². The predicted molar refractivity (Wildman–Crippen MR) is 20.9 cm³/mol. The maximum Gasteiger partial charge on any atom is 1.00 e. The van der Waals surface area contributed by atoms with E-state index in [0.717, 1.165) is 0 Å². The van der Waals surface area contributed by atoms with E-state index in [0.29, 0.717) is 0 Å². The molecule has 0 bridgehead atoms. The van der Waals surface area contributed by atoms with Gasteiger partial charge in [-0.15, -0.1) is 6.20 Å². The van der Waals surface area contributed by atoms with Crippen molar-refractivity contribution >= 4 is 0 Å². The van der Waals surface area contributed by atoms with E-state index in [1.54, 1.807) is 18.3 Å². The molecule has 30 valence electrons. The summed E-state index contributed by atoms with van der Waals surface area (Å²) in [6.45, 7) is 0. The summed E-state index contributed by atoms with van der Waals surface area (Å²) < 4.78 is 0. The summed E-state index contributed by atoms with van der Waals surface area (Å²) in [6.07, 6.45) is 4.14. The number of rotatable bonds is 0. The molecule has 0 aliphatic carbocycles. The largest absolute Gasteiger partial charge is 1.00 e. The average Bonchev–Trinajstić information content (AvgIpc) is 1.72. The monoisotopic (exact) mass is 86.0 g/mol. The molecule has 0 unspecified atom stereocenters. The van der Waals surface area contributed by atoms with Crippen LogP contribution in [0.1, 0.15) is 0 Å². The average molecular weight is 86.0 g/mol. The van der Waals surface area contributed by atoms with E-state index in [4.69, 9.17) is 0 Å². The van der Waals surface area contributed by atoms with Gasteiger partial charge in [-0.25, -0.2) is 6.07 Å². The molecule has 0 aliphatic rings. The Bertz CT molecular complexity index is 81.6. The third kappa shape index (κ3) is 2.38. The summed E-state index contributed by atoms with van der Waals surface area (Å²) in [5.74, 6) is 0. The predicted octanol–water partition coefficient (Wildman–Crippen LogP) is -2.72. The van der Waals surface area contributed by atoms with Gasteiger partial charge in [0.25, 0.3) is 0 Å². The van der Waals surface area contributed by atoms with Gasteiger partial charge >= 0.3 is 18.9 Å². The van der Waals surface area contributed by atoms with Crippen molar-refractivity contribution in [2.75, 3.05) is 0 Å². The Morgan fingerprint density at radius 1 is 1.43 bits per heavy atom. The molecule has 0 radical (unpaired) electrons. The van der Waals surface area contributed by atoms with Crippen LogP contribution in [0.4, 0.5) is 0 Å². The van der Waals surface area contributed by atoms with E-state index in [-0.39, 0.29) is 18.9 Å². The zero-order valence-electron chi connectivity index (χ0n) is 4.13. The Kier molecular flexibility index (Phi) is 3.68. The molecule has 0 amide bonds. The van der Waals surface area contributed by atoms with Crippen LogP contribution in [-0.4, -0.2) is 10.2 Å². The maximum atomic E-state index is 3.48. The van der Waals surface area contributed by atoms with Crippen molar-refractivity contribution in [1.82, 2.24) is 10.2 Å². The molecular weight excluding hydrogens is 83.0 g/mol. The fourth-order valence-corrected chi connectivity index (χ4v) is 0.225. The van der Waals surface area contributed by atoms with Crippen LogP contribution in [0.15, 0.2) is 18.3 Å². The van der Waals surface area contributed by atoms with Gasteiger partial charge in [0.15, 0.2) is 0 Å². The van der Waals surface area contributed by atoms with Crippen LogP contribution in [0, 0.1) is 6.20 Å². The number of hydrogen-bond acceptors (Lipinski definition) is 2. The van der Waals surface area contributed by atoms with Gasteiger partial charge in [-0.05, 0) is 6.20 Å². The molecule has 2 nitrogen and oxygen atoms in total. The van der Waals surface area contributed by atoms with Crippen LogP contribution in [0.3, 0.4) is 0 Å². The van der Waals surface area contributed by atoms with Crippen molar-refractivity contribution in [3.8, 4) is 0 Å². The standard InChI is InChI=1S/C4H3N2.Li/c1-2-4-6-5-3-1;/h1-3H;/q-1;+1. The van der Waals surface area contributed by atoms with Crippen LogP contribution in [0.2, 0.25) is 0 Å². The van der Waals surface area contributed by atoms with Gasteiger partial charge in [-0.3, -0.25) is 5.10 Å². The summed E-state index contributed by atoms with van der Waals surface area (Å²) in [5, 5.41) is 6.89. The second-order valence-corrected chi connectivity index (χ2v) is 0.853. The second-order valence-electron chi connectivity index (χ2n) is 0.853. The molecule has 0 aliphatic heterocycles. The fraction of sp³-hybridized carbons (Fsp3) is 0. The molecule has 0 atom stereocenters. The first-order valence-corrected chi connectivity index (χ1v) is 1.64. The maximum absolute atomic E-state index is 3.48. The van der Waals surface area contributed by atoms with Gasteiger partial charge in [0.05, 0.1) is 0 Å². The van der Waals surface area contributed by atoms with Gasteiger partial charge in [0, 0.05) is 0 Å². The summed E-state index contributed by atoms with van der Waals surface area (Å²) in [4.78, 5) is 0. The SMILES string of the molecule is [Li+].[c-]1cccnn1. The quantitative estimate of drug-likeness (QED) is 0.253. The summed E-state index contributed by atoms with van der Waals surface area (Å²) in [5.41, 5.74) is 0. The minimum Gasteiger partial charge on any atom is -0.268 e. The Hall–Kier alpha value is -0.323. The molecule has 1 rings (SSSR count). The van der Waals surface area contributed by atoms with Crippen molar-refractivity contribution in [1.29, 1.82) is 0 Å². The third-order valence-electron chi connectivity index (χ3n) is 0.439. The molecule has 1 heterocycles. The van der Waals surface area contributed by atoms with Gasteiger partial charge in [0.1, 0.15) is 0 Å². The molecule has 1 aromatic rings. The first kappa shape index (κ1) is 6.68. The summed E-state index contributed by atoms with van der Waals surface area (Å²) >= 11 is 0. The Morgan fingerprint density at radius 2 is 2.29 bits per heavy atom. The molecule has 0 fully saturated rings. The zero-order valence-corrected chi connectivity index (χ0v) is 4.13. The van der Waals surface area contributed by atoms with E-state index >= 15 is 0 Å². The summed E-state index contributed by atoms with van der Waals surface area (Å²) in [7, 11) is 0. The second kappa shape index (κ2) is 3.85. The number of hydrogen-bond donors (Lipinski definition) is 0. The molecule has 0 spiro atoms. The van der Waals surface area contributed by atoms with E-state index in [1.807, 2.05) is 0 Å². The Balaban J connectivity index is 0.000000360.